The van der Waals surface area contributed by atoms with Crippen molar-refractivity contribution < 1.29 is 0 Å². The lowest BCUT2D eigenvalue weighted by Gasteiger charge is -1.91. The molecule has 0 atom stereocenters. The van der Waals surface area contributed by atoms with Crippen LogP contribution in [0.2, 0.25) is 0 Å². The van der Waals surface area contributed by atoms with E-state index < -0.39 is 0 Å². The number of fused-ring (bicyclic) bond motifs is 1. The van der Waals surface area contributed by atoms with Gasteiger partial charge >= 0.3 is 0 Å². The highest BCUT2D eigenvalue weighted by Gasteiger charge is 1.91. The molecule has 0 aromatic carbocycles. The van der Waals surface area contributed by atoms with E-state index in [4.69, 9.17) is 0 Å². The lowest BCUT2D eigenvalue weighted by atomic mass is 10.5. The van der Waals surface area contributed by atoms with Crippen LogP contribution in [0.25, 0.3) is 5.65 Å². The molecular weight excluding hydrogens is 239 g/mol. The molecule has 3 heteroatoms. The molecule has 0 saturated carbocycles. The monoisotopic (exact) mass is 244 g/mol. The van der Waals surface area contributed by atoms with E-state index in [-0.39, 0.29) is 0 Å². The van der Waals surface area contributed by atoms with Crippen LogP contribution in [0.4, 0.5) is 0 Å². The summed E-state index contributed by atoms with van der Waals surface area (Å²) in [5, 5.41) is 0. The number of pyridine rings is 1. The molecule has 2 heterocycles. The van der Waals surface area contributed by atoms with Crippen LogP contribution in [0.15, 0.2) is 30.7 Å². The summed E-state index contributed by atoms with van der Waals surface area (Å²) in [7, 11) is 0. The minimum absolute atomic E-state index is 1.01. The number of imidazole rings is 1. The quantitative estimate of drug-likeness (QED) is 0.647. The first-order valence-electron chi connectivity index (χ1n) is 2.94. The topological polar surface area (TPSA) is 17.3 Å². The summed E-state index contributed by atoms with van der Waals surface area (Å²) in [5.41, 5.74) is 1.01. The maximum absolute atomic E-state index is 4.14. The fraction of sp³-hybridized carbons (Fsp3) is 0. The van der Waals surface area contributed by atoms with Crippen LogP contribution >= 0.6 is 22.6 Å². The summed E-state index contributed by atoms with van der Waals surface area (Å²) in [4.78, 5) is 4.14. The Morgan fingerprint density at radius 3 is 3.20 bits per heavy atom. The molecule has 0 aliphatic carbocycles. The van der Waals surface area contributed by atoms with Crippen molar-refractivity contribution in [3.8, 4) is 0 Å². The third-order valence-corrected chi connectivity index (χ3v) is 2.03. The van der Waals surface area contributed by atoms with Crippen molar-refractivity contribution in [3.05, 3.63) is 34.3 Å². The largest absolute Gasteiger partial charge is 0.307 e. The average Bonchev–Trinajstić information content (AvgIpc) is 2.33. The normalized spacial score (nSPS) is 10.5. The highest BCUT2D eigenvalue weighted by atomic mass is 127. The Morgan fingerprint density at radius 2 is 2.30 bits per heavy atom. The van der Waals surface area contributed by atoms with Crippen molar-refractivity contribution >= 4 is 28.2 Å². The summed E-state index contributed by atoms with van der Waals surface area (Å²) in [6, 6.07) is 4.09. The second-order valence-electron chi connectivity index (χ2n) is 2.04. The number of hydrogen-bond donors (Lipinski definition) is 0. The molecule has 0 spiro atoms. The molecular formula is C7H5IN2. The van der Waals surface area contributed by atoms with Crippen LogP contribution in [0.1, 0.15) is 0 Å². The van der Waals surface area contributed by atoms with Gasteiger partial charge in [0.1, 0.15) is 5.65 Å². The van der Waals surface area contributed by atoms with E-state index in [2.05, 4.69) is 33.6 Å². The highest BCUT2D eigenvalue weighted by Crippen LogP contribution is 2.06. The summed E-state index contributed by atoms with van der Waals surface area (Å²) in [5.74, 6) is 0. The van der Waals surface area contributed by atoms with Gasteiger partial charge in [-0.2, -0.15) is 0 Å². The molecule has 2 nitrogen and oxygen atoms in total. The van der Waals surface area contributed by atoms with Gasteiger partial charge in [0, 0.05) is 22.2 Å². The van der Waals surface area contributed by atoms with Crippen LogP contribution in [0, 0.1) is 3.57 Å². The van der Waals surface area contributed by atoms with E-state index in [1.54, 1.807) is 6.20 Å². The van der Waals surface area contributed by atoms with Crippen molar-refractivity contribution in [1.82, 2.24) is 9.38 Å². The lowest BCUT2D eigenvalue weighted by Crippen LogP contribution is -1.81. The minimum atomic E-state index is 1.01. The van der Waals surface area contributed by atoms with Crippen molar-refractivity contribution in [3.63, 3.8) is 0 Å². The zero-order valence-corrected chi connectivity index (χ0v) is 7.32. The Morgan fingerprint density at radius 1 is 1.40 bits per heavy atom. The maximum Gasteiger partial charge on any atom is 0.137 e. The molecule has 0 amide bonds. The molecule has 0 radical (unpaired) electrons. The zero-order chi connectivity index (χ0) is 6.97. The first-order valence-corrected chi connectivity index (χ1v) is 4.02. The molecule has 0 saturated heterocycles. The fourth-order valence-corrected chi connectivity index (χ4v) is 1.32. The van der Waals surface area contributed by atoms with Crippen molar-refractivity contribution in [2.24, 2.45) is 0 Å². The molecule has 2 aromatic rings. The number of aromatic nitrogens is 2. The SMILES string of the molecule is Ic1ccn2ccnc2c1. The molecule has 0 bridgehead atoms. The van der Waals surface area contributed by atoms with Gasteiger partial charge in [0.15, 0.2) is 0 Å². The second kappa shape index (κ2) is 2.23. The van der Waals surface area contributed by atoms with Gasteiger partial charge in [0.25, 0.3) is 0 Å². The zero-order valence-electron chi connectivity index (χ0n) is 5.16. The molecule has 0 aliphatic rings. The Labute approximate surface area is 72.0 Å². The summed E-state index contributed by atoms with van der Waals surface area (Å²) in [6.45, 7) is 0. The Balaban J connectivity index is 2.86. The van der Waals surface area contributed by atoms with E-state index in [0.717, 1.165) is 5.65 Å². The fourth-order valence-electron chi connectivity index (χ4n) is 0.885. The molecule has 0 N–H and O–H groups in total. The van der Waals surface area contributed by atoms with Gasteiger partial charge in [-0.25, -0.2) is 4.98 Å². The Hall–Kier alpha value is -0.580. The molecule has 2 aromatic heterocycles. The smallest absolute Gasteiger partial charge is 0.137 e. The third-order valence-electron chi connectivity index (χ3n) is 1.36. The number of halogens is 1. The van der Waals surface area contributed by atoms with Crippen LogP contribution in [-0.4, -0.2) is 9.38 Å². The summed E-state index contributed by atoms with van der Waals surface area (Å²) < 4.78 is 3.21. The van der Waals surface area contributed by atoms with Crippen LogP contribution in [-0.2, 0) is 0 Å². The number of rotatable bonds is 0. The van der Waals surface area contributed by atoms with Crippen molar-refractivity contribution in [2.75, 3.05) is 0 Å². The van der Waals surface area contributed by atoms with Gasteiger partial charge in [-0.15, -0.1) is 0 Å². The predicted octanol–water partition coefficient (Wildman–Crippen LogP) is 1.94. The first-order chi connectivity index (χ1) is 4.86. The maximum atomic E-state index is 4.14. The molecule has 10 heavy (non-hydrogen) atoms. The van der Waals surface area contributed by atoms with Gasteiger partial charge in [0.05, 0.1) is 0 Å². The molecule has 0 unspecified atom stereocenters. The standard InChI is InChI=1S/C7H5IN2/c8-6-1-3-10-4-2-9-7(10)5-6/h1-5H. The van der Waals surface area contributed by atoms with E-state index in [1.807, 2.05) is 22.9 Å². The summed E-state index contributed by atoms with van der Waals surface area (Å²) >= 11 is 2.27. The predicted molar refractivity (Wildman–Crippen MR) is 47.9 cm³/mol. The van der Waals surface area contributed by atoms with Crippen LogP contribution in [0.3, 0.4) is 0 Å². The van der Waals surface area contributed by atoms with Gasteiger partial charge in [-0.3, -0.25) is 0 Å². The molecule has 2 rings (SSSR count). The second-order valence-corrected chi connectivity index (χ2v) is 3.28. The number of nitrogens with zero attached hydrogens (tertiary/aromatic N) is 2. The van der Waals surface area contributed by atoms with E-state index in [0.29, 0.717) is 0 Å². The van der Waals surface area contributed by atoms with Crippen LogP contribution < -0.4 is 0 Å². The molecule has 50 valence electrons. The molecule has 0 fully saturated rings. The van der Waals surface area contributed by atoms with E-state index >= 15 is 0 Å². The van der Waals surface area contributed by atoms with Crippen LogP contribution in [0.5, 0.6) is 0 Å². The van der Waals surface area contributed by atoms with Gasteiger partial charge in [-0.05, 0) is 34.7 Å². The van der Waals surface area contributed by atoms with Gasteiger partial charge < -0.3 is 4.40 Å². The van der Waals surface area contributed by atoms with Crippen molar-refractivity contribution in [2.45, 2.75) is 0 Å². The van der Waals surface area contributed by atoms with E-state index in [9.17, 15) is 0 Å². The van der Waals surface area contributed by atoms with E-state index in [1.165, 1.54) is 3.57 Å². The summed E-state index contributed by atoms with van der Waals surface area (Å²) in [6.07, 6.45) is 5.74. The Bertz CT molecular complexity index is 353. The molecule has 0 aliphatic heterocycles. The third kappa shape index (κ3) is 0.901. The number of hydrogen-bond acceptors (Lipinski definition) is 1. The minimum Gasteiger partial charge on any atom is -0.307 e. The average molecular weight is 244 g/mol. The van der Waals surface area contributed by atoms with Gasteiger partial charge in [0.2, 0.25) is 0 Å². The lowest BCUT2D eigenvalue weighted by molar-refractivity contribution is 1.18. The highest BCUT2D eigenvalue weighted by molar-refractivity contribution is 14.1. The first kappa shape index (κ1) is 6.15. The van der Waals surface area contributed by atoms with Gasteiger partial charge in [-0.1, -0.05) is 0 Å². The Kier molecular flexibility index (Phi) is 1.37. The van der Waals surface area contributed by atoms with Crippen molar-refractivity contribution in [1.29, 1.82) is 0 Å².